The Morgan fingerprint density at radius 2 is 1.84 bits per heavy atom. The number of unbranched alkanes of at least 4 members (excludes halogenated alkanes) is 1. The minimum Gasteiger partial charge on any atom is -0.381 e. The molecule has 2 rings (SSSR count). The van der Waals surface area contributed by atoms with Gasteiger partial charge in [0.1, 0.15) is 0 Å². The monoisotopic (exact) mass is 261 g/mol. The van der Waals surface area contributed by atoms with Crippen molar-refractivity contribution in [2.24, 2.45) is 0 Å². The fraction of sp³-hybridized carbons (Fsp3) is 0.647. The molecule has 2 nitrogen and oxygen atoms in total. The highest BCUT2D eigenvalue weighted by Gasteiger charge is 2.22. The van der Waals surface area contributed by atoms with Crippen molar-refractivity contribution < 1.29 is 4.74 Å². The van der Waals surface area contributed by atoms with Gasteiger partial charge in [-0.3, -0.25) is 0 Å². The highest BCUT2D eigenvalue weighted by Crippen LogP contribution is 2.39. The van der Waals surface area contributed by atoms with Crippen LogP contribution in [-0.2, 0) is 11.3 Å². The lowest BCUT2D eigenvalue weighted by atomic mass is 10.1. The Kier molecular flexibility index (Phi) is 6.38. The number of benzene rings is 1. The highest BCUT2D eigenvalue weighted by atomic mass is 16.5. The van der Waals surface area contributed by atoms with E-state index in [2.05, 4.69) is 36.5 Å². The molecule has 0 unspecified atom stereocenters. The normalized spacial score (nSPS) is 14.8. The van der Waals surface area contributed by atoms with Gasteiger partial charge in [0.05, 0.1) is 0 Å². The Bertz CT molecular complexity index is 343. The lowest BCUT2D eigenvalue weighted by Crippen LogP contribution is -2.16. The first-order valence-electron chi connectivity index (χ1n) is 7.77. The predicted molar refractivity (Wildman–Crippen MR) is 80.5 cm³/mol. The fourth-order valence-electron chi connectivity index (χ4n) is 2.20. The van der Waals surface area contributed by atoms with Gasteiger partial charge in [0.15, 0.2) is 0 Å². The molecule has 0 saturated heterocycles. The molecule has 106 valence electrons. The van der Waals surface area contributed by atoms with E-state index < -0.39 is 0 Å². The molecule has 0 radical (unpaired) electrons. The summed E-state index contributed by atoms with van der Waals surface area (Å²) in [6.45, 7) is 6.00. The first kappa shape index (κ1) is 14.5. The Morgan fingerprint density at radius 3 is 2.53 bits per heavy atom. The number of rotatable bonds is 10. The van der Waals surface area contributed by atoms with Gasteiger partial charge in [-0.25, -0.2) is 0 Å². The lowest BCUT2D eigenvalue weighted by molar-refractivity contribution is 0.129. The predicted octanol–water partition coefficient (Wildman–Crippen LogP) is 3.86. The van der Waals surface area contributed by atoms with Crippen LogP contribution in [0.5, 0.6) is 0 Å². The van der Waals surface area contributed by atoms with Crippen LogP contribution in [0.4, 0.5) is 0 Å². The standard InChI is InChI=1S/C17H27NO/c1-2-3-12-19-13-4-11-18-14-15-5-7-16(8-6-15)17-9-10-17/h5-8,17-18H,2-4,9-14H2,1H3. The third-order valence-electron chi connectivity index (χ3n) is 3.64. The molecule has 1 aromatic rings. The van der Waals surface area contributed by atoms with Crippen LogP contribution in [-0.4, -0.2) is 19.8 Å². The van der Waals surface area contributed by atoms with E-state index in [1.54, 1.807) is 0 Å². The first-order valence-corrected chi connectivity index (χ1v) is 7.77. The molecule has 0 heterocycles. The molecule has 0 aliphatic heterocycles. The maximum atomic E-state index is 5.54. The molecule has 1 aromatic carbocycles. The molecule has 0 amide bonds. The lowest BCUT2D eigenvalue weighted by Gasteiger charge is -2.06. The van der Waals surface area contributed by atoms with Gasteiger partial charge in [-0.2, -0.15) is 0 Å². The minimum atomic E-state index is 0.863. The largest absolute Gasteiger partial charge is 0.381 e. The Hall–Kier alpha value is -0.860. The molecule has 1 fully saturated rings. The van der Waals surface area contributed by atoms with Crippen LogP contribution >= 0.6 is 0 Å². The zero-order valence-electron chi connectivity index (χ0n) is 12.2. The average Bonchev–Trinajstić information content (AvgIpc) is 3.27. The topological polar surface area (TPSA) is 21.3 Å². The molecule has 1 aliphatic carbocycles. The number of ether oxygens (including phenoxy) is 1. The third-order valence-corrected chi connectivity index (χ3v) is 3.64. The van der Waals surface area contributed by atoms with Crippen LogP contribution in [0.2, 0.25) is 0 Å². The van der Waals surface area contributed by atoms with E-state index >= 15 is 0 Å². The van der Waals surface area contributed by atoms with Gasteiger partial charge in [-0.1, -0.05) is 37.6 Å². The summed E-state index contributed by atoms with van der Waals surface area (Å²) in [6.07, 6.45) is 6.27. The summed E-state index contributed by atoms with van der Waals surface area (Å²) >= 11 is 0. The molecule has 1 saturated carbocycles. The van der Waals surface area contributed by atoms with Crippen molar-refractivity contribution in [2.75, 3.05) is 19.8 Å². The molecule has 1 N–H and O–H groups in total. The smallest absolute Gasteiger partial charge is 0.0478 e. The van der Waals surface area contributed by atoms with Gasteiger partial charge in [-0.05, 0) is 49.3 Å². The van der Waals surface area contributed by atoms with Crippen LogP contribution in [0.15, 0.2) is 24.3 Å². The molecule has 0 atom stereocenters. The van der Waals surface area contributed by atoms with Gasteiger partial charge in [-0.15, -0.1) is 0 Å². The van der Waals surface area contributed by atoms with Crippen LogP contribution in [0.3, 0.4) is 0 Å². The molecule has 19 heavy (non-hydrogen) atoms. The molecule has 1 aliphatic rings. The van der Waals surface area contributed by atoms with Crippen molar-refractivity contribution in [3.05, 3.63) is 35.4 Å². The van der Waals surface area contributed by atoms with Crippen molar-refractivity contribution >= 4 is 0 Å². The first-order chi connectivity index (χ1) is 9.40. The Labute approximate surface area is 117 Å². The summed E-state index contributed by atoms with van der Waals surface area (Å²) in [7, 11) is 0. The van der Waals surface area contributed by atoms with Gasteiger partial charge in [0, 0.05) is 19.8 Å². The van der Waals surface area contributed by atoms with Crippen molar-refractivity contribution in [2.45, 2.75) is 51.5 Å². The summed E-state index contributed by atoms with van der Waals surface area (Å²) in [5.41, 5.74) is 2.91. The van der Waals surface area contributed by atoms with Crippen LogP contribution in [0, 0.1) is 0 Å². The molecule has 0 bridgehead atoms. The van der Waals surface area contributed by atoms with E-state index in [0.29, 0.717) is 0 Å². The summed E-state index contributed by atoms with van der Waals surface area (Å²) < 4.78 is 5.54. The second-order valence-corrected chi connectivity index (χ2v) is 5.51. The van der Waals surface area contributed by atoms with Gasteiger partial charge >= 0.3 is 0 Å². The fourth-order valence-corrected chi connectivity index (χ4v) is 2.20. The average molecular weight is 261 g/mol. The van der Waals surface area contributed by atoms with Crippen molar-refractivity contribution in [1.29, 1.82) is 0 Å². The van der Waals surface area contributed by atoms with Crippen LogP contribution in [0.25, 0.3) is 0 Å². The summed E-state index contributed by atoms with van der Waals surface area (Å²) in [5.74, 6) is 0.863. The number of nitrogens with one attached hydrogen (secondary N) is 1. The SMILES string of the molecule is CCCCOCCCNCc1ccc(C2CC2)cc1. The van der Waals surface area contributed by atoms with Gasteiger partial charge in [0.25, 0.3) is 0 Å². The molecule has 2 heteroatoms. The van der Waals surface area contributed by atoms with Crippen LogP contribution < -0.4 is 5.32 Å². The molecule has 0 aromatic heterocycles. The highest BCUT2D eigenvalue weighted by molar-refractivity contribution is 5.27. The quantitative estimate of drug-likeness (QED) is 0.646. The molecular formula is C17H27NO. The Morgan fingerprint density at radius 1 is 1.11 bits per heavy atom. The van der Waals surface area contributed by atoms with E-state index in [0.717, 1.165) is 38.6 Å². The second kappa shape index (κ2) is 8.34. The molecular weight excluding hydrogens is 234 g/mol. The van der Waals surface area contributed by atoms with Gasteiger partial charge in [0.2, 0.25) is 0 Å². The van der Waals surface area contributed by atoms with Crippen LogP contribution in [0.1, 0.15) is 56.1 Å². The maximum Gasteiger partial charge on any atom is 0.0478 e. The number of hydrogen-bond acceptors (Lipinski definition) is 2. The van der Waals surface area contributed by atoms with Crippen molar-refractivity contribution in [3.63, 3.8) is 0 Å². The summed E-state index contributed by atoms with van der Waals surface area (Å²) in [5, 5.41) is 3.48. The maximum absolute atomic E-state index is 5.54. The Balaban J connectivity index is 1.50. The van der Waals surface area contributed by atoms with E-state index in [9.17, 15) is 0 Å². The summed E-state index contributed by atoms with van der Waals surface area (Å²) in [6, 6.07) is 9.11. The van der Waals surface area contributed by atoms with E-state index in [1.807, 2.05) is 0 Å². The van der Waals surface area contributed by atoms with Gasteiger partial charge < -0.3 is 10.1 Å². The third kappa shape index (κ3) is 5.75. The van der Waals surface area contributed by atoms with E-state index in [-0.39, 0.29) is 0 Å². The van der Waals surface area contributed by atoms with Crippen molar-refractivity contribution in [1.82, 2.24) is 5.32 Å². The summed E-state index contributed by atoms with van der Waals surface area (Å²) in [4.78, 5) is 0. The second-order valence-electron chi connectivity index (χ2n) is 5.51. The van der Waals surface area contributed by atoms with E-state index in [4.69, 9.17) is 4.74 Å². The number of hydrogen-bond donors (Lipinski definition) is 1. The van der Waals surface area contributed by atoms with E-state index in [1.165, 1.54) is 36.8 Å². The zero-order valence-corrected chi connectivity index (χ0v) is 12.2. The molecule has 0 spiro atoms. The minimum absolute atomic E-state index is 0.863. The van der Waals surface area contributed by atoms with Crippen molar-refractivity contribution in [3.8, 4) is 0 Å². The zero-order chi connectivity index (χ0) is 13.3.